The zero-order chi connectivity index (χ0) is 17.4. The summed E-state index contributed by atoms with van der Waals surface area (Å²) in [5.41, 5.74) is 10.8. The fourth-order valence-corrected chi connectivity index (χ4v) is 2.50. The molecule has 2 rings (SSSR count). The van der Waals surface area contributed by atoms with E-state index in [1.165, 1.54) is 16.8 Å². The SMILES string of the molecule is CCc1cccc(NC(N)=NCCCc2ccc(N(C)C)cc2)c1. The van der Waals surface area contributed by atoms with Crippen LogP contribution in [-0.2, 0) is 12.8 Å². The van der Waals surface area contributed by atoms with Crippen molar-refractivity contribution in [1.82, 2.24) is 0 Å². The predicted octanol–water partition coefficient (Wildman–Crippen LogP) is 3.67. The van der Waals surface area contributed by atoms with Crippen LogP contribution in [0.1, 0.15) is 24.5 Å². The maximum Gasteiger partial charge on any atom is 0.193 e. The molecule has 4 heteroatoms. The first-order valence-corrected chi connectivity index (χ1v) is 8.50. The van der Waals surface area contributed by atoms with Crippen molar-refractivity contribution in [1.29, 1.82) is 0 Å². The molecule has 0 aliphatic rings. The van der Waals surface area contributed by atoms with Crippen molar-refractivity contribution in [2.24, 2.45) is 10.7 Å². The van der Waals surface area contributed by atoms with E-state index in [0.29, 0.717) is 5.96 Å². The van der Waals surface area contributed by atoms with Crippen LogP contribution in [0.4, 0.5) is 11.4 Å². The standard InChI is InChI=1S/C20H28N4/c1-4-16-7-5-9-18(15-16)23-20(21)22-14-6-8-17-10-12-19(13-11-17)24(2)3/h5,7,9-13,15H,4,6,8,14H2,1-3H3,(H3,21,22,23). The van der Waals surface area contributed by atoms with E-state index in [9.17, 15) is 0 Å². The van der Waals surface area contributed by atoms with Crippen LogP contribution in [0.25, 0.3) is 0 Å². The third-order valence-electron chi connectivity index (χ3n) is 3.97. The second kappa shape index (κ2) is 8.96. The largest absolute Gasteiger partial charge is 0.378 e. The Balaban J connectivity index is 1.78. The lowest BCUT2D eigenvalue weighted by Crippen LogP contribution is -2.23. The van der Waals surface area contributed by atoms with Crippen molar-refractivity contribution < 1.29 is 0 Å². The molecule has 3 N–H and O–H groups in total. The van der Waals surface area contributed by atoms with E-state index in [1.54, 1.807) is 0 Å². The Morgan fingerprint density at radius 3 is 2.50 bits per heavy atom. The van der Waals surface area contributed by atoms with E-state index >= 15 is 0 Å². The molecule has 24 heavy (non-hydrogen) atoms. The third kappa shape index (κ3) is 5.61. The van der Waals surface area contributed by atoms with Gasteiger partial charge in [-0.15, -0.1) is 0 Å². The highest BCUT2D eigenvalue weighted by Gasteiger charge is 1.98. The van der Waals surface area contributed by atoms with Gasteiger partial charge in [-0.1, -0.05) is 31.2 Å². The number of nitrogens with zero attached hydrogens (tertiary/aromatic N) is 2. The normalized spacial score (nSPS) is 11.4. The van der Waals surface area contributed by atoms with Gasteiger partial charge in [0.1, 0.15) is 0 Å². The van der Waals surface area contributed by atoms with Crippen molar-refractivity contribution in [3.63, 3.8) is 0 Å². The summed E-state index contributed by atoms with van der Waals surface area (Å²) in [7, 11) is 4.10. The smallest absolute Gasteiger partial charge is 0.193 e. The molecule has 0 aliphatic carbocycles. The second-order valence-electron chi connectivity index (χ2n) is 6.11. The molecule has 0 unspecified atom stereocenters. The number of nitrogens with one attached hydrogen (secondary N) is 1. The highest BCUT2D eigenvalue weighted by Crippen LogP contribution is 2.13. The minimum absolute atomic E-state index is 0.478. The maximum absolute atomic E-state index is 5.96. The van der Waals surface area contributed by atoms with E-state index < -0.39 is 0 Å². The van der Waals surface area contributed by atoms with Gasteiger partial charge >= 0.3 is 0 Å². The molecular weight excluding hydrogens is 296 g/mol. The van der Waals surface area contributed by atoms with Gasteiger partial charge in [-0.3, -0.25) is 4.99 Å². The van der Waals surface area contributed by atoms with Crippen LogP contribution in [0.3, 0.4) is 0 Å². The number of guanidine groups is 1. The number of hydrogen-bond acceptors (Lipinski definition) is 2. The lowest BCUT2D eigenvalue weighted by atomic mass is 10.1. The van der Waals surface area contributed by atoms with Crippen LogP contribution in [0.15, 0.2) is 53.5 Å². The summed E-state index contributed by atoms with van der Waals surface area (Å²) < 4.78 is 0. The van der Waals surface area contributed by atoms with Crippen molar-refractivity contribution >= 4 is 17.3 Å². The van der Waals surface area contributed by atoms with E-state index in [0.717, 1.165) is 31.5 Å². The monoisotopic (exact) mass is 324 g/mol. The summed E-state index contributed by atoms with van der Waals surface area (Å²) in [5.74, 6) is 0.478. The molecule has 2 aromatic carbocycles. The minimum atomic E-state index is 0.478. The number of aryl methyl sites for hydroxylation is 2. The maximum atomic E-state index is 5.96. The summed E-state index contributed by atoms with van der Waals surface area (Å²) in [4.78, 5) is 6.52. The Kier molecular flexibility index (Phi) is 6.67. The Bertz CT molecular complexity index is 660. The first-order valence-electron chi connectivity index (χ1n) is 8.50. The lowest BCUT2D eigenvalue weighted by molar-refractivity contribution is 0.832. The van der Waals surface area contributed by atoms with Gasteiger partial charge in [0.15, 0.2) is 5.96 Å². The Hall–Kier alpha value is -2.49. The van der Waals surface area contributed by atoms with Gasteiger partial charge in [-0.2, -0.15) is 0 Å². The first-order chi connectivity index (χ1) is 11.6. The van der Waals surface area contributed by atoms with E-state index in [4.69, 9.17) is 5.73 Å². The number of benzene rings is 2. The summed E-state index contributed by atoms with van der Waals surface area (Å²) in [6.45, 7) is 2.86. The van der Waals surface area contributed by atoms with Gasteiger partial charge in [-0.25, -0.2) is 0 Å². The molecule has 2 aromatic rings. The van der Waals surface area contributed by atoms with Gasteiger partial charge in [0.05, 0.1) is 0 Å². The molecule has 0 spiro atoms. The molecule has 128 valence electrons. The quantitative estimate of drug-likeness (QED) is 0.464. The fourth-order valence-electron chi connectivity index (χ4n) is 2.50. The molecule has 0 atom stereocenters. The Morgan fingerprint density at radius 1 is 1.08 bits per heavy atom. The molecule has 0 amide bonds. The summed E-state index contributed by atoms with van der Waals surface area (Å²) in [6.07, 6.45) is 3.01. The van der Waals surface area contributed by atoms with Crippen LogP contribution >= 0.6 is 0 Å². The molecule has 0 saturated heterocycles. The van der Waals surface area contributed by atoms with Gasteiger partial charge in [0.25, 0.3) is 0 Å². The molecule has 0 aliphatic heterocycles. The van der Waals surface area contributed by atoms with Gasteiger partial charge in [0.2, 0.25) is 0 Å². The van der Waals surface area contributed by atoms with Crippen LogP contribution in [-0.4, -0.2) is 26.6 Å². The minimum Gasteiger partial charge on any atom is -0.378 e. The van der Waals surface area contributed by atoms with E-state index in [-0.39, 0.29) is 0 Å². The van der Waals surface area contributed by atoms with Gasteiger partial charge < -0.3 is 16.0 Å². The highest BCUT2D eigenvalue weighted by atomic mass is 15.1. The summed E-state index contributed by atoms with van der Waals surface area (Å²) in [5, 5.41) is 3.16. The van der Waals surface area contributed by atoms with E-state index in [2.05, 4.69) is 72.6 Å². The van der Waals surface area contributed by atoms with Crippen LogP contribution < -0.4 is 16.0 Å². The van der Waals surface area contributed by atoms with Crippen molar-refractivity contribution in [3.8, 4) is 0 Å². The zero-order valence-electron chi connectivity index (χ0n) is 14.9. The fraction of sp³-hybridized carbons (Fsp3) is 0.350. The average molecular weight is 324 g/mol. The van der Waals surface area contributed by atoms with Crippen LogP contribution in [0.2, 0.25) is 0 Å². The van der Waals surface area contributed by atoms with Crippen molar-refractivity contribution in [2.45, 2.75) is 26.2 Å². The molecule has 0 saturated carbocycles. The second-order valence-corrected chi connectivity index (χ2v) is 6.11. The van der Waals surface area contributed by atoms with Gasteiger partial charge in [0, 0.05) is 32.0 Å². The van der Waals surface area contributed by atoms with Gasteiger partial charge in [-0.05, 0) is 54.7 Å². The molecule has 0 heterocycles. The zero-order valence-corrected chi connectivity index (χ0v) is 14.9. The lowest BCUT2D eigenvalue weighted by Gasteiger charge is -2.12. The number of aliphatic imine (C=N–C) groups is 1. The first kappa shape index (κ1) is 17.9. The topological polar surface area (TPSA) is 53.6 Å². The molecular formula is C20H28N4. The Labute approximate surface area is 145 Å². The number of hydrogen-bond donors (Lipinski definition) is 2. The third-order valence-corrected chi connectivity index (χ3v) is 3.97. The molecule has 0 radical (unpaired) electrons. The van der Waals surface area contributed by atoms with Crippen molar-refractivity contribution in [3.05, 3.63) is 59.7 Å². The number of nitrogens with two attached hydrogens (primary N) is 1. The van der Waals surface area contributed by atoms with Crippen LogP contribution in [0.5, 0.6) is 0 Å². The number of rotatable bonds is 7. The summed E-state index contributed by atoms with van der Waals surface area (Å²) in [6, 6.07) is 16.9. The molecule has 4 nitrogen and oxygen atoms in total. The predicted molar refractivity (Wildman–Crippen MR) is 105 cm³/mol. The highest BCUT2D eigenvalue weighted by molar-refractivity contribution is 5.92. The van der Waals surface area contributed by atoms with E-state index in [1.807, 2.05) is 12.1 Å². The average Bonchev–Trinajstić information content (AvgIpc) is 2.59. The molecule has 0 fully saturated rings. The van der Waals surface area contributed by atoms with Crippen LogP contribution in [0, 0.1) is 0 Å². The molecule has 0 bridgehead atoms. The van der Waals surface area contributed by atoms with Crippen molar-refractivity contribution in [2.75, 3.05) is 30.9 Å². The molecule has 0 aromatic heterocycles. The number of anilines is 2. The summed E-state index contributed by atoms with van der Waals surface area (Å²) >= 11 is 0. The Morgan fingerprint density at radius 2 is 1.83 bits per heavy atom.